The molecule has 1 aromatic rings. The summed E-state index contributed by atoms with van der Waals surface area (Å²) in [6.07, 6.45) is 6.86. The van der Waals surface area contributed by atoms with Crippen molar-refractivity contribution in [1.29, 1.82) is 0 Å². The van der Waals surface area contributed by atoms with Crippen LogP contribution in [-0.4, -0.2) is 41.2 Å². The van der Waals surface area contributed by atoms with E-state index >= 15 is 4.39 Å². The molecule has 5 nitrogen and oxygen atoms in total. The SMILES string of the molecule is CC(C)(C)C(=O)NCC1(F)CCN(c2ncnc3c2CCCC3)CC1. The number of hydrogen-bond acceptors (Lipinski definition) is 4. The molecule has 2 aliphatic rings. The fourth-order valence-electron chi connectivity index (χ4n) is 3.58. The number of carbonyl (C=O) groups excluding carboxylic acids is 1. The van der Waals surface area contributed by atoms with Crippen molar-refractivity contribution >= 4 is 11.7 Å². The number of aryl methyl sites for hydroxylation is 1. The molecular weight excluding hydrogens is 319 g/mol. The van der Waals surface area contributed by atoms with Gasteiger partial charge in [-0.25, -0.2) is 14.4 Å². The Labute approximate surface area is 149 Å². The van der Waals surface area contributed by atoms with Gasteiger partial charge in [-0.3, -0.25) is 4.79 Å². The van der Waals surface area contributed by atoms with Crippen LogP contribution in [-0.2, 0) is 17.6 Å². The number of hydrogen-bond donors (Lipinski definition) is 1. The van der Waals surface area contributed by atoms with Crippen LogP contribution in [0.2, 0.25) is 0 Å². The predicted molar refractivity (Wildman–Crippen MR) is 96.4 cm³/mol. The standard InChI is InChI=1S/C19H29FN4O/c1-18(2,3)17(25)21-12-19(20)8-10-24(11-9-19)16-14-6-4-5-7-15(14)22-13-23-16/h13H,4-12H2,1-3H3,(H,21,25). The molecule has 1 aromatic heterocycles. The zero-order valence-corrected chi connectivity index (χ0v) is 15.6. The van der Waals surface area contributed by atoms with Crippen molar-refractivity contribution in [3.63, 3.8) is 0 Å². The summed E-state index contributed by atoms with van der Waals surface area (Å²) in [6, 6.07) is 0. The van der Waals surface area contributed by atoms with Crippen LogP contribution >= 0.6 is 0 Å². The Morgan fingerprint density at radius 3 is 2.60 bits per heavy atom. The van der Waals surface area contributed by atoms with Crippen molar-refractivity contribution in [3.05, 3.63) is 17.6 Å². The lowest BCUT2D eigenvalue weighted by Gasteiger charge is -2.38. The molecule has 0 bridgehead atoms. The third-order valence-corrected chi connectivity index (χ3v) is 5.31. The molecule has 2 heterocycles. The van der Waals surface area contributed by atoms with Crippen LogP contribution in [0.5, 0.6) is 0 Å². The summed E-state index contributed by atoms with van der Waals surface area (Å²) in [5, 5.41) is 2.78. The topological polar surface area (TPSA) is 58.1 Å². The van der Waals surface area contributed by atoms with E-state index < -0.39 is 11.1 Å². The third-order valence-electron chi connectivity index (χ3n) is 5.31. The van der Waals surface area contributed by atoms with E-state index in [4.69, 9.17) is 0 Å². The molecule has 0 spiro atoms. The Bertz CT molecular complexity index is 633. The van der Waals surface area contributed by atoms with Crippen molar-refractivity contribution < 1.29 is 9.18 Å². The van der Waals surface area contributed by atoms with Crippen molar-refractivity contribution in [3.8, 4) is 0 Å². The van der Waals surface area contributed by atoms with E-state index in [1.54, 1.807) is 6.33 Å². The Morgan fingerprint density at radius 1 is 1.24 bits per heavy atom. The Hall–Kier alpha value is -1.72. The lowest BCUT2D eigenvalue weighted by atomic mass is 9.90. The summed E-state index contributed by atoms with van der Waals surface area (Å²) in [4.78, 5) is 23.1. The number of halogens is 1. The summed E-state index contributed by atoms with van der Waals surface area (Å²) in [7, 11) is 0. The minimum Gasteiger partial charge on any atom is -0.356 e. The van der Waals surface area contributed by atoms with Gasteiger partial charge in [-0.05, 0) is 25.7 Å². The summed E-state index contributed by atoms with van der Waals surface area (Å²) >= 11 is 0. The third kappa shape index (κ3) is 4.10. The normalized spacial score (nSPS) is 20.1. The Kier molecular flexibility index (Phi) is 4.98. The smallest absolute Gasteiger partial charge is 0.225 e. The maximum atomic E-state index is 15.1. The monoisotopic (exact) mass is 348 g/mol. The summed E-state index contributed by atoms with van der Waals surface area (Å²) in [6.45, 7) is 6.88. The van der Waals surface area contributed by atoms with Gasteiger partial charge < -0.3 is 10.2 Å². The van der Waals surface area contributed by atoms with E-state index in [9.17, 15) is 4.79 Å². The molecule has 0 unspecified atom stereocenters. The number of carbonyl (C=O) groups is 1. The summed E-state index contributed by atoms with van der Waals surface area (Å²) in [5.41, 5.74) is 0.591. The van der Waals surface area contributed by atoms with Gasteiger partial charge in [0.25, 0.3) is 0 Å². The highest BCUT2D eigenvalue weighted by atomic mass is 19.1. The second kappa shape index (κ2) is 6.89. The van der Waals surface area contributed by atoms with E-state index in [0.29, 0.717) is 25.9 Å². The maximum absolute atomic E-state index is 15.1. The Morgan fingerprint density at radius 2 is 1.92 bits per heavy atom. The summed E-state index contributed by atoms with van der Waals surface area (Å²) in [5.74, 6) is 0.891. The average Bonchev–Trinajstić information content (AvgIpc) is 2.59. The van der Waals surface area contributed by atoms with Crippen LogP contribution in [0.1, 0.15) is 57.7 Å². The van der Waals surface area contributed by atoms with Gasteiger partial charge in [0, 0.05) is 42.6 Å². The van der Waals surface area contributed by atoms with Crippen LogP contribution in [0.25, 0.3) is 0 Å². The zero-order chi connectivity index (χ0) is 18.1. The number of aromatic nitrogens is 2. The molecule has 1 saturated heterocycles. The van der Waals surface area contributed by atoms with Crippen molar-refractivity contribution in [2.75, 3.05) is 24.5 Å². The van der Waals surface area contributed by atoms with E-state index in [2.05, 4.69) is 20.2 Å². The number of nitrogens with one attached hydrogen (secondary N) is 1. The van der Waals surface area contributed by atoms with E-state index in [-0.39, 0.29) is 12.5 Å². The lowest BCUT2D eigenvalue weighted by Crippen LogP contribution is -2.50. The highest BCUT2D eigenvalue weighted by molar-refractivity contribution is 5.81. The Balaban J connectivity index is 1.61. The first-order valence-electron chi connectivity index (χ1n) is 9.33. The predicted octanol–water partition coefficient (Wildman–Crippen LogP) is 2.83. The minimum atomic E-state index is -1.33. The van der Waals surface area contributed by atoms with Gasteiger partial charge in [0.05, 0.1) is 6.54 Å². The molecule has 1 amide bonds. The molecule has 0 radical (unpaired) electrons. The van der Waals surface area contributed by atoms with Crippen molar-refractivity contribution in [2.45, 2.75) is 65.0 Å². The van der Waals surface area contributed by atoms with Crippen LogP contribution < -0.4 is 10.2 Å². The number of amides is 1. The fraction of sp³-hybridized carbons (Fsp3) is 0.737. The van der Waals surface area contributed by atoms with Gasteiger partial charge in [0.15, 0.2) is 0 Å². The van der Waals surface area contributed by atoms with Gasteiger partial charge in [0.2, 0.25) is 5.91 Å². The minimum absolute atomic E-state index is 0.0961. The maximum Gasteiger partial charge on any atom is 0.225 e. The number of anilines is 1. The van der Waals surface area contributed by atoms with Gasteiger partial charge in [-0.15, -0.1) is 0 Å². The molecule has 1 aliphatic heterocycles. The highest BCUT2D eigenvalue weighted by Crippen LogP contribution is 2.32. The van der Waals surface area contributed by atoms with Gasteiger partial charge >= 0.3 is 0 Å². The molecule has 6 heteroatoms. The van der Waals surface area contributed by atoms with E-state index in [0.717, 1.165) is 24.4 Å². The summed E-state index contributed by atoms with van der Waals surface area (Å²) < 4.78 is 15.1. The molecule has 0 aromatic carbocycles. The van der Waals surface area contributed by atoms with Crippen LogP contribution in [0.4, 0.5) is 10.2 Å². The molecule has 0 saturated carbocycles. The number of fused-ring (bicyclic) bond motifs is 1. The zero-order valence-electron chi connectivity index (χ0n) is 15.6. The van der Waals surface area contributed by atoms with E-state index in [1.165, 1.54) is 18.4 Å². The molecule has 25 heavy (non-hydrogen) atoms. The molecular formula is C19H29FN4O. The number of piperidine rings is 1. The first kappa shape index (κ1) is 18.1. The largest absolute Gasteiger partial charge is 0.356 e. The van der Waals surface area contributed by atoms with E-state index in [1.807, 2.05) is 20.8 Å². The van der Waals surface area contributed by atoms with Crippen LogP contribution in [0.3, 0.4) is 0 Å². The van der Waals surface area contributed by atoms with Gasteiger partial charge in [-0.1, -0.05) is 20.8 Å². The van der Waals surface area contributed by atoms with Crippen LogP contribution in [0.15, 0.2) is 6.33 Å². The van der Waals surface area contributed by atoms with Crippen molar-refractivity contribution in [2.24, 2.45) is 5.41 Å². The van der Waals surface area contributed by atoms with Crippen molar-refractivity contribution in [1.82, 2.24) is 15.3 Å². The first-order valence-corrected chi connectivity index (χ1v) is 9.33. The van der Waals surface area contributed by atoms with Gasteiger partial charge in [-0.2, -0.15) is 0 Å². The number of rotatable bonds is 3. The molecule has 138 valence electrons. The quantitative estimate of drug-likeness (QED) is 0.912. The molecule has 1 aliphatic carbocycles. The first-order chi connectivity index (χ1) is 11.8. The molecule has 1 fully saturated rings. The average molecular weight is 348 g/mol. The highest BCUT2D eigenvalue weighted by Gasteiger charge is 2.37. The second-order valence-electron chi connectivity index (χ2n) is 8.40. The number of nitrogens with zero attached hydrogens (tertiary/aromatic N) is 3. The number of alkyl halides is 1. The lowest BCUT2D eigenvalue weighted by molar-refractivity contribution is -0.129. The van der Waals surface area contributed by atoms with Crippen LogP contribution in [0, 0.1) is 5.41 Å². The second-order valence-corrected chi connectivity index (χ2v) is 8.40. The molecule has 1 N–H and O–H groups in total. The molecule has 3 rings (SSSR count). The van der Waals surface area contributed by atoms with Gasteiger partial charge in [0.1, 0.15) is 17.8 Å². The fourth-order valence-corrected chi connectivity index (χ4v) is 3.58. The molecule has 0 atom stereocenters.